The third-order valence-corrected chi connectivity index (χ3v) is 4.63. The van der Waals surface area contributed by atoms with E-state index in [1.54, 1.807) is 32.2 Å². The topological polar surface area (TPSA) is 85.2 Å². The number of nitrogens with one attached hydrogen (secondary N) is 1. The van der Waals surface area contributed by atoms with Crippen LogP contribution in [-0.2, 0) is 23.0 Å². The van der Waals surface area contributed by atoms with Crippen LogP contribution in [0.5, 0.6) is 0 Å². The van der Waals surface area contributed by atoms with E-state index < -0.39 is 0 Å². The summed E-state index contributed by atoms with van der Waals surface area (Å²) < 4.78 is 7.44. The van der Waals surface area contributed by atoms with E-state index in [1.807, 2.05) is 17.7 Å². The third-order valence-electron chi connectivity index (χ3n) is 4.63. The van der Waals surface area contributed by atoms with Crippen molar-refractivity contribution in [3.8, 4) is 0 Å². The molecule has 2 aromatic heterocycles. The summed E-state index contributed by atoms with van der Waals surface area (Å²) in [6, 6.07) is 2.05. The van der Waals surface area contributed by atoms with E-state index in [9.17, 15) is 4.79 Å². The van der Waals surface area contributed by atoms with E-state index in [4.69, 9.17) is 4.74 Å². The highest BCUT2D eigenvalue weighted by molar-refractivity contribution is 5.76. The largest absolute Gasteiger partial charge is 0.380 e. The van der Waals surface area contributed by atoms with Crippen LogP contribution in [0.15, 0.2) is 31.1 Å². The maximum absolute atomic E-state index is 12.2. The molecule has 8 heteroatoms. The molecule has 0 spiro atoms. The number of amides is 1. The van der Waals surface area contributed by atoms with Gasteiger partial charge in [0.25, 0.3) is 0 Å². The monoisotopic (exact) mass is 344 g/mol. The summed E-state index contributed by atoms with van der Waals surface area (Å²) in [4.78, 5) is 26.7. The van der Waals surface area contributed by atoms with Gasteiger partial charge in [-0.2, -0.15) is 0 Å². The van der Waals surface area contributed by atoms with Crippen LogP contribution < -0.4 is 10.2 Å². The predicted octanol–water partition coefficient (Wildman–Crippen LogP) is 0.553. The smallest absolute Gasteiger partial charge is 0.220 e. The van der Waals surface area contributed by atoms with Gasteiger partial charge in [-0.25, -0.2) is 15.0 Å². The molecule has 2 aromatic rings. The molecule has 0 radical (unpaired) electrons. The van der Waals surface area contributed by atoms with Gasteiger partial charge in [-0.1, -0.05) is 0 Å². The number of rotatable bonds is 7. The van der Waals surface area contributed by atoms with Crippen molar-refractivity contribution in [2.45, 2.75) is 31.4 Å². The standard InChI is InChI=1S/C17H24N6O2/c1-22-12-19-8-13(22)3-4-17(24)20-9-14-7-15(25-2)10-23(14)16-5-6-18-11-21-16/h5-6,8,11-12,14-15H,3-4,7,9-10H2,1-2H3,(H,20,24)/t14-,15-/m1/s1. The van der Waals surface area contributed by atoms with Crippen LogP contribution in [0.3, 0.4) is 0 Å². The Morgan fingerprint density at radius 1 is 1.44 bits per heavy atom. The number of hydrogen-bond acceptors (Lipinski definition) is 6. The number of nitrogens with zero attached hydrogens (tertiary/aromatic N) is 5. The van der Waals surface area contributed by atoms with Gasteiger partial charge in [-0.05, 0) is 18.9 Å². The number of methoxy groups -OCH3 is 1. The summed E-state index contributed by atoms with van der Waals surface area (Å²) >= 11 is 0. The summed E-state index contributed by atoms with van der Waals surface area (Å²) in [6.07, 6.45) is 8.96. The van der Waals surface area contributed by atoms with Gasteiger partial charge < -0.3 is 19.5 Å². The molecule has 0 bridgehead atoms. The van der Waals surface area contributed by atoms with Gasteiger partial charge in [-0.15, -0.1) is 0 Å². The van der Waals surface area contributed by atoms with Crippen molar-refractivity contribution in [2.24, 2.45) is 7.05 Å². The van der Waals surface area contributed by atoms with E-state index in [0.717, 1.165) is 24.5 Å². The number of carbonyl (C=O) groups is 1. The first-order chi connectivity index (χ1) is 12.2. The first kappa shape index (κ1) is 17.3. The molecule has 3 rings (SSSR count). The second-order valence-corrected chi connectivity index (χ2v) is 6.27. The lowest BCUT2D eigenvalue weighted by Crippen LogP contribution is -2.40. The van der Waals surface area contributed by atoms with E-state index >= 15 is 0 Å². The highest BCUT2D eigenvalue weighted by atomic mass is 16.5. The Kier molecular flexibility index (Phi) is 5.60. The Morgan fingerprint density at radius 2 is 2.32 bits per heavy atom. The minimum Gasteiger partial charge on any atom is -0.380 e. The lowest BCUT2D eigenvalue weighted by Gasteiger charge is -2.25. The van der Waals surface area contributed by atoms with Gasteiger partial charge in [0.15, 0.2) is 0 Å². The Labute approximate surface area is 147 Å². The normalized spacial score (nSPS) is 20.0. The summed E-state index contributed by atoms with van der Waals surface area (Å²) in [5.74, 6) is 0.911. The average molecular weight is 344 g/mol. The minimum atomic E-state index is 0.0460. The predicted molar refractivity (Wildman–Crippen MR) is 93.1 cm³/mol. The maximum atomic E-state index is 12.2. The van der Waals surface area contributed by atoms with Gasteiger partial charge in [0, 0.05) is 51.8 Å². The molecule has 1 saturated heterocycles. The highest BCUT2D eigenvalue weighted by Gasteiger charge is 2.33. The van der Waals surface area contributed by atoms with Crippen molar-refractivity contribution in [2.75, 3.05) is 25.1 Å². The first-order valence-electron chi connectivity index (χ1n) is 8.44. The fourth-order valence-electron chi connectivity index (χ4n) is 3.16. The van der Waals surface area contributed by atoms with Crippen LogP contribution in [-0.4, -0.2) is 57.8 Å². The van der Waals surface area contributed by atoms with Gasteiger partial charge in [0.2, 0.25) is 5.91 Å². The molecule has 0 aromatic carbocycles. The number of aromatic nitrogens is 4. The van der Waals surface area contributed by atoms with Crippen molar-refractivity contribution < 1.29 is 9.53 Å². The lowest BCUT2D eigenvalue weighted by molar-refractivity contribution is -0.121. The molecule has 0 aliphatic carbocycles. The molecule has 1 aliphatic heterocycles. The van der Waals surface area contributed by atoms with Crippen LogP contribution in [0.4, 0.5) is 5.82 Å². The zero-order chi connectivity index (χ0) is 17.6. The van der Waals surface area contributed by atoms with Crippen molar-refractivity contribution >= 4 is 11.7 Å². The molecule has 1 aliphatic rings. The highest BCUT2D eigenvalue weighted by Crippen LogP contribution is 2.24. The Balaban J connectivity index is 1.53. The molecular formula is C17H24N6O2. The first-order valence-corrected chi connectivity index (χ1v) is 8.44. The molecule has 134 valence electrons. The molecule has 0 saturated carbocycles. The van der Waals surface area contributed by atoms with Gasteiger partial charge in [0.1, 0.15) is 12.1 Å². The molecule has 3 heterocycles. The molecule has 1 N–H and O–H groups in total. The molecule has 0 unspecified atom stereocenters. The average Bonchev–Trinajstić information content (AvgIpc) is 3.24. The van der Waals surface area contributed by atoms with Crippen LogP contribution >= 0.6 is 0 Å². The van der Waals surface area contributed by atoms with Crippen LogP contribution in [0.1, 0.15) is 18.5 Å². The number of ether oxygens (including phenoxy) is 1. The quantitative estimate of drug-likeness (QED) is 0.790. The molecule has 25 heavy (non-hydrogen) atoms. The number of hydrogen-bond donors (Lipinski definition) is 1. The molecule has 1 fully saturated rings. The van der Waals surface area contributed by atoms with Crippen molar-refractivity contribution in [1.29, 1.82) is 0 Å². The number of anilines is 1. The second-order valence-electron chi connectivity index (χ2n) is 6.27. The molecular weight excluding hydrogens is 320 g/mol. The van der Waals surface area contributed by atoms with Crippen LogP contribution in [0.2, 0.25) is 0 Å². The van der Waals surface area contributed by atoms with E-state index in [1.165, 1.54) is 0 Å². The van der Waals surface area contributed by atoms with E-state index in [0.29, 0.717) is 19.4 Å². The third kappa shape index (κ3) is 4.33. The molecule has 1 amide bonds. The number of aryl methyl sites for hydroxylation is 2. The van der Waals surface area contributed by atoms with Crippen LogP contribution in [0, 0.1) is 0 Å². The summed E-state index contributed by atoms with van der Waals surface area (Å²) in [5.41, 5.74) is 1.05. The van der Waals surface area contributed by atoms with Gasteiger partial charge in [0.05, 0.1) is 18.5 Å². The SMILES string of the molecule is CO[C@@H]1C[C@H](CNC(=O)CCc2cncn2C)N(c2ccncn2)C1. The minimum absolute atomic E-state index is 0.0460. The Hall–Kier alpha value is -2.48. The van der Waals surface area contributed by atoms with E-state index in [-0.39, 0.29) is 18.1 Å². The summed E-state index contributed by atoms with van der Waals surface area (Å²) in [7, 11) is 3.65. The fraction of sp³-hybridized carbons (Fsp3) is 0.529. The number of imidazole rings is 1. The molecule has 2 atom stereocenters. The van der Waals surface area contributed by atoms with Crippen LogP contribution in [0.25, 0.3) is 0 Å². The molecule has 8 nitrogen and oxygen atoms in total. The zero-order valence-electron chi connectivity index (χ0n) is 14.6. The van der Waals surface area contributed by atoms with Gasteiger partial charge >= 0.3 is 0 Å². The van der Waals surface area contributed by atoms with Gasteiger partial charge in [-0.3, -0.25) is 4.79 Å². The maximum Gasteiger partial charge on any atom is 0.220 e. The lowest BCUT2D eigenvalue weighted by atomic mass is 10.2. The Bertz CT molecular complexity index is 689. The summed E-state index contributed by atoms with van der Waals surface area (Å²) in [5, 5.41) is 3.04. The fourth-order valence-corrected chi connectivity index (χ4v) is 3.16. The van der Waals surface area contributed by atoms with Crippen molar-refractivity contribution in [3.63, 3.8) is 0 Å². The Morgan fingerprint density at radius 3 is 3.00 bits per heavy atom. The number of carbonyl (C=O) groups excluding carboxylic acids is 1. The second kappa shape index (κ2) is 8.06. The van der Waals surface area contributed by atoms with Crippen molar-refractivity contribution in [3.05, 3.63) is 36.8 Å². The van der Waals surface area contributed by atoms with Crippen molar-refractivity contribution in [1.82, 2.24) is 24.8 Å². The summed E-state index contributed by atoms with van der Waals surface area (Å²) in [6.45, 7) is 1.34. The van der Waals surface area contributed by atoms with E-state index in [2.05, 4.69) is 25.2 Å². The zero-order valence-corrected chi connectivity index (χ0v) is 14.6.